The van der Waals surface area contributed by atoms with Crippen LogP contribution in [0.2, 0.25) is 0 Å². The highest BCUT2D eigenvalue weighted by atomic mass is 32.1. The van der Waals surface area contributed by atoms with Crippen LogP contribution in [0.4, 0.5) is 15.2 Å². The smallest absolute Gasteiger partial charge is 0.251 e. The molecule has 182 valence electrons. The van der Waals surface area contributed by atoms with E-state index in [1.54, 1.807) is 44.2 Å². The standard InChI is InChI=1S/C23H24FN7O3S/c1-23(2,34)13-6-7-15(17(24)10-13)18-12-16(21(25)33)22(35-18)27-19-5-3-4-14(26-19)11-20-28-29-30-31(20)8-9-32/h3-7,10,12,32,34H,8-9,11H2,1-2H3,(H2,25,33)(H,26,27). The maximum absolute atomic E-state index is 14.9. The van der Waals surface area contributed by atoms with Gasteiger partial charge in [-0.25, -0.2) is 14.1 Å². The second-order valence-electron chi connectivity index (χ2n) is 8.33. The van der Waals surface area contributed by atoms with Gasteiger partial charge in [0.05, 0.1) is 36.4 Å². The van der Waals surface area contributed by atoms with Crippen LogP contribution in [0, 0.1) is 5.82 Å². The Morgan fingerprint density at radius 1 is 1.26 bits per heavy atom. The molecule has 0 aliphatic rings. The quantitative estimate of drug-likeness (QED) is 0.275. The number of aromatic nitrogens is 5. The van der Waals surface area contributed by atoms with Gasteiger partial charge in [0.1, 0.15) is 16.6 Å². The van der Waals surface area contributed by atoms with E-state index in [-0.39, 0.29) is 24.3 Å². The number of thiophene rings is 1. The molecule has 0 aliphatic carbocycles. The summed E-state index contributed by atoms with van der Waals surface area (Å²) in [6.07, 6.45) is 0.333. The first-order valence-electron chi connectivity index (χ1n) is 10.7. The lowest BCUT2D eigenvalue weighted by atomic mass is 9.96. The highest BCUT2D eigenvalue weighted by molar-refractivity contribution is 7.19. The number of nitrogens with one attached hydrogen (secondary N) is 1. The van der Waals surface area contributed by atoms with Gasteiger partial charge < -0.3 is 21.3 Å². The Bertz CT molecular complexity index is 1360. The van der Waals surface area contributed by atoms with Crippen molar-refractivity contribution < 1.29 is 19.4 Å². The molecule has 0 saturated carbocycles. The van der Waals surface area contributed by atoms with Crippen LogP contribution < -0.4 is 11.1 Å². The summed E-state index contributed by atoms with van der Waals surface area (Å²) < 4.78 is 16.4. The number of benzene rings is 1. The number of nitrogens with zero attached hydrogens (tertiary/aromatic N) is 5. The minimum Gasteiger partial charge on any atom is -0.394 e. The van der Waals surface area contributed by atoms with Gasteiger partial charge in [-0.05, 0) is 54.1 Å². The molecule has 3 aromatic heterocycles. The van der Waals surface area contributed by atoms with Gasteiger partial charge >= 0.3 is 0 Å². The van der Waals surface area contributed by atoms with Crippen LogP contribution >= 0.6 is 11.3 Å². The Balaban J connectivity index is 1.61. The van der Waals surface area contributed by atoms with Crippen molar-refractivity contribution in [3.63, 3.8) is 0 Å². The molecule has 0 radical (unpaired) electrons. The van der Waals surface area contributed by atoms with Crippen LogP contribution in [-0.2, 0) is 18.6 Å². The lowest BCUT2D eigenvalue weighted by Crippen LogP contribution is -2.15. The Morgan fingerprint density at radius 3 is 2.74 bits per heavy atom. The summed E-state index contributed by atoms with van der Waals surface area (Å²) in [4.78, 5) is 17.2. The average molecular weight is 498 g/mol. The van der Waals surface area contributed by atoms with Crippen molar-refractivity contribution >= 4 is 28.1 Å². The summed E-state index contributed by atoms with van der Waals surface area (Å²) in [5.41, 5.74) is 5.99. The summed E-state index contributed by atoms with van der Waals surface area (Å²) >= 11 is 1.16. The fraction of sp³-hybridized carbons (Fsp3) is 0.261. The summed E-state index contributed by atoms with van der Waals surface area (Å²) in [7, 11) is 0. The van der Waals surface area contributed by atoms with Crippen molar-refractivity contribution in [1.82, 2.24) is 25.2 Å². The molecule has 3 heterocycles. The molecule has 0 spiro atoms. The molecule has 4 rings (SSSR count). The van der Waals surface area contributed by atoms with E-state index in [0.717, 1.165) is 11.3 Å². The summed E-state index contributed by atoms with van der Waals surface area (Å²) in [6.45, 7) is 3.33. The number of rotatable bonds is 9. The minimum atomic E-state index is -1.18. The number of anilines is 2. The van der Waals surface area contributed by atoms with Gasteiger partial charge in [0.15, 0.2) is 5.82 Å². The number of hydrogen-bond acceptors (Lipinski definition) is 9. The maximum atomic E-state index is 14.9. The Kier molecular flexibility index (Phi) is 6.87. The number of pyridine rings is 1. The van der Waals surface area contributed by atoms with Gasteiger partial charge in [0.2, 0.25) is 0 Å². The van der Waals surface area contributed by atoms with Crippen LogP contribution in [0.5, 0.6) is 0 Å². The molecule has 0 bridgehead atoms. The van der Waals surface area contributed by atoms with Gasteiger partial charge in [-0.15, -0.1) is 16.4 Å². The molecular formula is C23H24FN7O3S. The van der Waals surface area contributed by atoms with E-state index >= 15 is 0 Å². The maximum Gasteiger partial charge on any atom is 0.251 e. The topological polar surface area (TPSA) is 152 Å². The Hall–Kier alpha value is -3.74. The highest BCUT2D eigenvalue weighted by Gasteiger charge is 2.21. The lowest BCUT2D eigenvalue weighted by molar-refractivity contribution is 0.0782. The van der Waals surface area contributed by atoms with E-state index in [1.165, 1.54) is 16.8 Å². The zero-order chi connectivity index (χ0) is 25.2. The zero-order valence-corrected chi connectivity index (χ0v) is 19.9. The predicted octanol–water partition coefficient (Wildman–Crippen LogP) is 2.59. The van der Waals surface area contributed by atoms with Gasteiger partial charge in [-0.2, -0.15) is 0 Å². The van der Waals surface area contributed by atoms with Crippen LogP contribution in [0.15, 0.2) is 42.5 Å². The average Bonchev–Trinajstić information content (AvgIpc) is 3.41. The third-order valence-corrected chi connectivity index (χ3v) is 6.33. The molecule has 1 aromatic carbocycles. The lowest BCUT2D eigenvalue weighted by Gasteiger charge is -2.18. The van der Waals surface area contributed by atoms with Crippen molar-refractivity contribution in [2.75, 3.05) is 11.9 Å². The van der Waals surface area contributed by atoms with Crippen molar-refractivity contribution in [3.05, 3.63) is 70.9 Å². The number of carbonyl (C=O) groups is 1. The number of amides is 1. The van der Waals surface area contributed by atoms with Crippen LogP contribution in [0.25, 0.3) is 10.4 Å². The fourth-order valence-electron chi connectivity index (χ4n) is 3.44. The number of primary amides is 1. The molecular weight excluding hydrogens is 473 g/mol. The first kappa shape index (κ1) is 24.4. The largest absolute Gasteiger partial charge is 0.394 e. The highest BCUT2D eigenvalue weighted by Crippen LogP contribution is 2.38. The first-order chi connectivity index (χ1) is 16.7. The Morgan fingerprint density at radius 2 is 2.06 bits per heavy atom. The summed E-state index contributed by atoms with van der Waals surface area (Å²) in [5.74, 6) is -0.181. The van der Waals surface area contributed by atoms with Crippen molar-refractivity contribution in [2.45, 2.75) is 32.4 Å². The van der Waals surface area contributed by atoms with Crippen molar-refractivity contribution in [1.29, 1.82) is 0 Å². The second kappa shape index (κ2) is 9.86. The fourth-order valence-corrected chi connectivity index (χ4v) is 4.54. The third kappa shape index (κ3) is 5.50. The van der Waals surface area contributed by atoms with Crippen LogP contribution in [0.1, 0.15) is 41.3 Å². The molecule has 12 heteroatoms. The van der Waals surface area contributed by atoms with Gasteiger partial charge in [0.25, 0.3) is 5.91 Å². The molecule has 35 heavy (non-hydrogen) atoms. The molecule has 1 amide bonds. The molecule has 0 unspecified atom stereocenters. The Labute approximate surface area is 204 Å². The normalized spacial score (nSPS) is 11.6. The SMILES string of the molecule is CC(C)(O)c1ccc(-c2cc(C(N)=O)c(Nc3cccc(Cc4nnnn4CCO)n3)s2)c(F)c1. The van der Waals surface area contributed by atoms with Crippen LogP contribution in [0.3, 0.4) is 0 Å². The van der Waals surface area contributed by atoms with E-state index in [1.807, 2.05) is 0 Å². The van der Waals surface area contributed by atoms with Crippen molar-refractivity contribution in [3.8, 4) is 10.4 Å². The number of aliphatic hydroxyl groups excluding tert-OH is 1. The van der Waals surface area contributed by atoms with Gasteiger partial charge in [-0.3, -0.25) is 4.79 Å². The minimum absolute atomic E-state index is 0.0925. The molecule has 5 N–H and O–H groups in total. The monoisotopic (exact) mass is 497 g/mol. The number of tetrazole rings is 1. The van der Waals surface area contributed by atoms with Crippen LogP contribution in [-0.4, -0.2) is 47.9 Å². The van der Waals surface area contributed by atoms with E-state index in [2.05, 4.69) is 25.8 Å². The molecule has 0 aliphatic heterocycles. The summed E-state index contributed by atoms with van der Waals surface area (Å²) in [5, 5.41) is 34.2. The second-order valence-corrected chi connectivity index (χ2v) is 9.38. The van der Waals surface area contributed by atoms with E-state index in [4.69, 9.17) is 10.8 Å². The number of nitrogens with two attached hydrogens (primary N) is 1. The number of carbonyl (C=O) groups excluding carboxylic acids is 1. The number of hydrogen-bond donors (Lipinski definition) is 4. The molecule has 4 aromatic rings. The molecule has 10 nitrogen and oxygen atoms in total. The van der Waals surface area contributed by atoms with E-state index in [9.17, 15) is 14.3 Å². The summed E-state index contributed by atoms with van der Waals surface area (Å²) in [6, 6.07) is 11.3. The van der Waals surface area contributed by atoms with Gasteiger partial charge in [-0.1, -0.05) is 18.2 Å². The zero-order valence-electron chi connectivity index (χ0n) is 19.1. The van der Waals surface area contributed by atoms with E-state index < -0.39 is 17.3 Å². The third-order valence-electron chi connectivity index (χ3n) is 5.24. The predicted molar refractivity (Wildman–Crippen MR) is 129 cm³/mol. The van der Waals surface area contributed by atoms with Crippen molar-refractivity contribution in [2.24, 2.45) is 5.73 Å². The van der Waals surface area contributed by atoms with E-state index in [0.29, 0.717) is 39.2 Å². The molecule has 0 atom stereocenters. The van der Waals surface area contributed by atoms with Gasteiger partial charge in [0, 0.05) is 10.4 Å². The first-order valence-corrected chi connectivity index (χ1v) is 11.5. The number of aliphatic hydroxyl groups is 2. The molecule has 0 saturated heterocycles. The molecule has 0 fully saturated rings. The number of halogens is 1.